The zero-order valence-corrected chi connectivity index (χ0v) is 12.7. The predicted octanol–water partition coefficient (Wildman–Crippen LogP) is 4.24. The maximum atomic E-state index is 6.26. The molecule has 1 N–H and O–H groups in total. The number of methoxy groups -OCH3 is 1. The van der Waals surface area contributed by atoms with E-state index in [4.69, 9.17) is 16.3 Å². The van der Waals surface area contributed by atoms with E-state index in [1.165, 1.54) is 5.56 Å². The van der Waals surface area contributed by atoms with Gasteiger partial charge in [-0.15, -0.1) is 0 Å². The van der Waals surface area contributed by atoms with E-state index in [9.17, 15) is 0 Å². The van der Waals surface area contributed by atoms with Crippen LogP contribution in [0.2, 0.25) is 5.02 Å². The molecule has 0 aliphatic heterocycles. The number of halogens is 1. The summed E-state index contributed by atoms with van der Waals surface area (Å²) in [6.45, 7) is 0. The molecule has 1 atom stereocenters. The summed E-state index contributed by atoms with van der Waals surface area (Å²) in [6.07, 6.45) is 2.01. The van der Waals surface area contributed by atoms with E-state index in [1.54, 1.807) is 7.11 Å². The number of hydrogen-bond acceptors (Lipinski definition) is 2. The van der Waals surface area contributed by atoms with Gasteiger partial charge in [-0.25, -0.2) is 0 Å². The average molecular weight is 290 g/mol. The predicted molar refractivity (Wildman–Crippen MR) is 84.6 cm³/mol. The van der Waals surface area contributed by atoms with E-state index in [-0.39, 0.29) is 6.04 Å². The van der Waals surface area contributed by atoms with Crippen molar-refractivity contribution in [2.24, 2.45) is 0 Å². The molecule has 0 bridgehead atoms. The topological polar surface area (TPSA) is 21.3 Å². The highest BCUT2D eigenvalue weighted by Gasteiger charge is 2.12. The largest absolute Gasteiger partial charge is 0.497 e. The molecular weight excluding hydrogens is 270 g/mol. The number of aryl methyl sites for hydroxylation is 1. The van der Waals surface area contributed by atoms with Crippen LogP contribution < -0.4 is 10.1 Å². The lowest BCUT2D eigenvalue weighted by Crippen LogP contribution is -2.17. The zero-order chi connectivity index (χ0) is 14.4. The van der Waals surface area contributed by atoms with Gasteiger partial charge in [0.05, 0.1) is 7.11 Å². The minimum absolute atomic E-state index is 0.269. The first-order valence-electron chi connectivity index (χ1n) is 6.79. The smallest absolute Gasteiger partial charge is 0.118 e. The summed E-state index contributed by atoms with van der Waals surface area (Å²) in [6, 6.07) is 16.5. The van der Waals surface area contributed by atoms with Crippen LogP contribution in [0.4, 0.5) is 0 Å². The first kappa shape index (κ1) is 14.9. The van der Waals surface area contributed by atoms with Crippen molar-refractivity contribution in [2.75, 3.05) is 14.2 Å². The second-order valence-corrected chi connectivity index (χ2v) is 5.16. The summed E-state index contributed by atoms with van der Waals surface area (Å²) in [5, 5.41) is 4.16. The SMILES string of the molecule is CNC(CCc1ccc(OC)cc1)c1ccccc1Cl. The molecule has 0 fully saturated rings. The van der Waals surface area contributed by atoms with E-state index in [0.717, 1.165) is 29.2 Å². The molecule has 0 spiro atoms. The Morgan fingerprint density at radius 2 is 1.80 bits per heavy atom. The van der Waals surface area contributed by atoms with Crippen molar-refractivity contribution in [3.8, 4) is 5.75 Å². The fourth-order valence-electron chi connectivity index (χ4n) is 2.32. The van der Waals surface area contributed by atoms with Crippen molar-refractivity contribution in [2.45, 2.75) is 18.9 Å². The number of rotatable bonds is 6. The van der Waals surface area contributed by atoms with E-state index >= 15 is 0 Å². The molecule has 0 saturated carbocycles. The van der Waals surface area contributed by atoms with Crippen LogP contribution in [0.3, 0.4) is 0 Å². The van der Waals surface area contributed by atoms with Crippen molar-refractivity contribution in [1.29, 1.82) is 0 Å². The van der Waals surface area contributed by atoms with E-state index in [1.807, 2.05) is 37.4 Å². The number of ether oxygens (including phenoxy) is 1. The van der Waals surface area contributed by atoms with Crippen LogP contribution in [-0.4, -0.2) is 14.2 Å². The summed E-state index contributed by atoms with van der Waals surface area (Å²) >= 11 is 6.26. The first-order valence-corrected chi connectivity index (χ1v) is 7.17. The van der Waals surface area contributed by atoms with Crippen molar-refractivity contribution < 1.29 is 4.74 Å². The molecule has 2 aromatic carbocycles. The lowest BCUT2D eigenvalue weighted by Gasteiger charge is -2.18. The Kier molecular flexibility index (Phi) is 5.45. The normalized spacial score (nSPS) is 12.2. The van der Waals surface area contributed by atoms with Crippen molar-refractivity contribution in [1.82, 2.24) is 5.32 Å². The molecule has 0 aromatic heterocycles. The fourth-order valence-corrected chi connectivity index (χ4v) is 2.58. The summed E-state index contributed by atoms with van der Waals surface area (Å²) in [7, 11) is 3.66. The summed E-state index contributed by atoms with van der Waals surface area (Å²) < 4.78 is 5.17. The molecule has 0 radical (unpaired) electrons. The average Bonchev–Trinajstić information content (AvgIpc) is 2.50. The Balaban J connectivity index is 2.02. The highest BCUT2D eigenvalue weighted by Crippen LogP contribution is 2.26. The monoisotopic (exact) mass is 289 g/mol. The van der Waals surface area contributed by atoms with Gasteiger partial charge in [-0.05, 0) is 49.2 Å². The van der Waals surface area contributed by atoms with Gasteiger partial charge >= 0.3 is 0 Å². The fraction of sp³-hybridized carbons (Fsp3) is 0.294. The van der Waals surface area contributed by atoms with Gasteiger partial charge in [-0.2, -0.15) is 0 Å². The molecule has 3 heteroatoms. The Hall–Kier alpha value is -1.51. The van der Waals surface area contributed by atoms with E-state index in [2.05, 4.69) is 23.5 Å². The second kappa shape index (κ2) is 7.32. The maximum absolute atomic E-state index is 6.26. The van der Waals surface area contributed by atoms with Gasteiger partial charge in [0.2, 0.25) is 0 Å². The highest BCUT2D eigenvalue weighted by molar-refractivity contribution is 6.31. The number of nitrogens with one attached hydrogen (secondary N) is 1. The zero-order valence-electron chi connectivity index (χ0n) is 11.9. The minimum atomic E-state index is 0.269. The molecule has 2 rings (SSSR count). The molecule has 0 heterocycles. The minimum Gasteiger partial charge on any atom is -0.497 e. The third-order valence-electron chi connectivity index (χ3n) is 3.51. The molecule has 20 heavy (non-hydrogen) atoms. The Labute approximate surface area is 125 Å². The Bertz CT molecular complexity index is 539. The van der Waals surface area contributed by atoms with Gasteiger partial charge in [0, 0.05) is 11.1 Å². The molecule has 0 amide bonds. The van der Waals surface area contributed by atoms with Crippen LogP contribution in [0.1, 0.15) is 23.6 Å². The Morgan fingerprint density at radius 3 is 2.40 bits per heavy atom. The van der Waals surface area contributed by atoms with Crippen molar-refractivity contribution in [3.63, 3.8) is 0 Å². The summed E-state index contributed by atoms with van der Waals surface area (Å²) in [4.78, 5) is 0. The number of benzene rings is 2. The highest BCUT2D eigenvalue weighted by atomic mass is 35.5. The van der Waals surface area contributed by atoms with Gasteiger partial charge in [0.15, 0.2) is 0 Å². The lowest BCUT2D eigenvalue weighted by atomic mass is 9.99. The first-order chi connectivity index (χ1) is 9.74. The van der Waals surface area contributed by atoms with Crippen molar-refractivity contribution >= 4 is 11.6 Å². The summed E-state index contributed by atoms with van der Waals surface area (Å²) in [5.41, 5.74) is 2.46. The van der Waals surface area contributed by atoms with Crippen LogP contribution in [0.5, 0.6) is 5.75 Å². The van der Waals surface area contributed by atoms with Gasteiger partial charge < -0.3 is 10.1 Å². The lowest BCUT2D eigenvalue weighted by molar-refractivity contribution is 0.414. The summed E-state index contributed by atoms with van der Waals surface area (Å²) in [5.74, 6) is 0.894. The molecule has 2 nitrogen and oxygen atoms in total. The standard InChI is InChI=1S/C17H20ClNO/c1-19-17(15-5-3-4-6-16(15)18)12-9-13-7-10-14(20-2)11-8-13/h3-8,10-11,17,19H,9,12H2,1-2H3. The molecule has 2 aromatic rings. The van der Waals surface area contributed by atoms with E-state index in [0.29, 0.717) is 0 Å². The van der Waals surface area contributed by atoms with Crippen molar-refractivity contribution in [3.05, 3.63) is 64.7 Å². The van der Waals surface area contributed by atoms with E-state index < -0.39 is 0 Å². The van der Waals surface area contributed by atoms with Gasteiger partial charge in [-0.3, -0.25) is 0 Å². The molecule has 1 unspecified atom stereocenters. The molecular formula is C17H20ClNO. The Morgan fingerprint density at radius 1 is 1.10 bits per heavy atom. The molecule has 0 aliphatic carbocycles. The molecule has 0 saturated heterocycles. The quantitative estimate of drug-likeness (QED) is 0.859. The third-order valence-corrected chi connectivity index (χ3v) is 3.85. The molecule has 0 aliphatic rings. The number of hydrogen-bond donors (Lipinski definition) is 1. The van der Waals surface area contributed by atoms with Gasteiger partial charge in [0.1, 0.15) is 5.75 Å². The van der Waals surface area contributed by atoms with Crippen LogP contribution in [-0.2, 0) is 6.42 Å². The van der Waals surface area contributed by atoms with Crippen LogP contribution >= 0.6 is 11.6 Å². The van der Waals surface area contributed by atoms with Gasteiger partial charge in [-0.1, -0.05) is 41.9 Å². The van der Waals surface area contributed by atoms with Gasteiger partial charge in [0.25, 0.3) is 0 Å². The van der Waals surface area contributed by atoms with Crippen LogP contribution in [0, 0.1) is 0 Å². The van der Waals surface area contributed by atoms with Crippen LogP contribution in [0.15, 0.2) is 48.5 Å². The second-order valence-electron chi connectivity index (χ2n) is 4.75. The molecule has 106 valence electrons. The van der Waals surface area contributed by atoms with Crippen LogP contribution in [0.25, 0.3) is 0 Å². The third kappa shape index (κ3) is 3.75. The maximum Gasteiger partial charge on any atom is 0.118 e.